The molecule has 1 heterocycles. The molecule has 2 heteroatoms. The molecule has 0 bridgehead atoms. The van der Waals surface area contributed by atoms with Crippen LogP contribution in [0.1, 0.15) is 22.3 Å². The molecule has 1 aromatic heterocycles. The molecule has 1 aliphatic rings. The molecule has 0 saturated heterocycles. The molecule has 0 N–H and O–H groups in total. The number of benzene rings is 10. The minimum atomic E-state index is -0.485. The highest BCUT2D eigenvalue weighted by Gasteiger charge is 2.46. The highest BCUT2D eigenvalue weighted by atomic mass is 16.3. The SMILES string of the molecule is c1ccc(C2(c3cccc(-c4ccc(N(c5ccc(-c6cccc7ccccc67)cc5)c5cccc6ccccc56)cc4)c3)c3cccc4oc5cccc2c5c34)cc1. The zero-order valence-corrected chi connectivity index (χ0v) is 32.2. The van der Waals surface area contributed by atoms with Crippen molar-refractivity contribution >= 4 is 60.5 Å². The highest BCUT2D eigenvalue weighted by molar-refractivity contribution is 6.14. The van der Waals surface area contributed by atoms with Crippen molar-refractivity contribution in [1.29, 1.82) is 0 Å². The smallest absolute Gasteiger partial charge is 0.135 e. The maximum Gasteiger partial charge on any atom is 0.135 e. The van der Waals surface area contributed by atoms with Gasteiger partial charge in [0, 0.05) is 27.5 Å². The van der Waals surface area contributed by atoms with Crippen LogP contribution in [0.3, 0.4) is 0 Å². The van der Waals surface area contributed by atoms with Crippen molar-refractivity contribution in [3.8, 4) is 22.3 Å². The van der Waals surface area contributed by atoms with Crippen molar-refractivity contribution in [2.45, 2.75) is 5.41 Å². The summed E-state index contributed by atoms with van der Waals surface area (Å²) in [6.45, 7) is 0. The van der Waals surface area contributed by atoms with Crippen LogP contribution in [-0.2, 0) is 5.41 Å². The van der Waals surface area contributed by atoms with Crippen LogP contribution in [0.5, 0.6) is 0 Å². The van der Waals surface area contributed by atoms with Crippen LogP contribution < -0.4 is 4.90 Å². The lowest BCUT2D eigenvalue weighted by Crippen LogP contribution is -2.28. The van der Waals surface area contributed by atoms with Gasteiger partial charge in [-0.05, 0) is 109 Å². The number of hydrogen-bond donors (Lipinski definition) is 0. The minimum absolute atomic E-state index is 0.485. The molecule has 0 spiro atoms. The lowest BCUT2D eigenvalue weighted by molar-refractivity contribution is 0.663. The largest absolute Gasteiger partial charge is 0.456 e. The monoisotopic (exact) mass is 751 g/mol. The summed E-state index contributed by atoms with van der Waals surface area (Å²) in [7, 11) is 0. The maximum atomic E-state index is 6.39. The molecule has 0 saturated carbocycles. The van der Waals surface area contributed by atoms with Gasteiger partial charge in [0.2, 0.25) is 0 Å². The lowest BCUT2D eigenvalue weighted by atomic mass is 9.67. The number of fused-ring (bicyclic) bond motifs is 2. The van der Waals surface area contributed by atoms with Gasteiger partial charge in [-0.1, -0.05) is 176 Å². The van der Waals surface area contributed by atoms with Gasteiger partial charge in [0.05, 0.1) is 11.1 Å². The van der Waals surface area contributed by atoms with Gasteiger partial charge in [-0.15, -0.1) is 0 Å². The number of rotatable bonds is 7. The lowest BCUT2D eigenvalue weighted by Gasteiger charge is -2.34. The summed E-state index contributed by atoms with van der Waals surface area (Å²) in [5.74, 6) is 0. The van der Waals surface area contributed by atoms with E-state index >= 15 is 0 Å². The normalized spacial score (nSPS) is 12.9. The molecule has 0 aliphatic heterocycles. The van der Waals surface area contributed by atoms with Crippen LogP contribution in [-0.4, -0.2) is 0 Å². The average Bonchev–Trinajstić information content (AvgIpc) is 3.85. The second-order valence-electron chi connectivity index (χ2n) is 15.6. The van der Waals surface area contributed by atoms with E-state index in [1.807, 2.05) is 0 Å². The predicted octanol–water partition coefficient (Wildman–Crippen LogP) is 15.4. The summed E-state index contributed by atoms with van der Waals surface area (Å²) in [6.07, 6.45) is 0. The van der Waals surface area contributed by atoms with E-state index in [0.717, 1.165) is 28.2 Å². The molecule has 0 radical (unpaired) electrons. The molecule has 276 valence electrons. The van der Waals surface area contributed by atoms with Gasteiger partial charge in [-0.3, -0.25) is 0 Å². The third-order valence-corrected chi connectivity index (χ3v) is 12.5. The molecule has 0 unspecified atom stereocenters. The van der Waals surface area contributed by atoms with E-state index in [1.165, 1.54) is 76.8 Å². The van der Waals surface area contributed by atoms with Gasteiger partial charge in [0.15, 0.2) is 0 Å². The Kier molecular flexibility index (Phi) is 7.48. The first-order valence-electron chi connectivity index (χ1n) is 20.3. The van der Waals surface area contributed by atoms with Crippen molar-refractivity contribution in [2.75, 3.05) is 4.90 Å². The van der Waals surface area contributed by atoms with Crippen LogP contribution in [0.25, 0.3) is 65.7 Å². The van der Waals surface area contributed by atoms with E-state index in [0.29, 0.717) is 0 Å². The molecule has 12 rings (SSSR count). The van der Waals surface area contributed by atoms with Gasteiger partial charge >= 0.3 is 0 Å². The first-order valence-corrected chi connectivity index (χ1v) is 20.3. The second-order valence-corrected chi connectivity index (χ2v) is 15.6. The molecule has 0 amide bonds. The number of hydrogen-bond acceptors (Lipinski definition) is 2. The molecular weight excluding hydrogens is 715 g/mol. The molecule has 0 fully saturated rings. The molecule has 59 heavy (non-hydrogen) atoms. The van der Waals surface area contributed by atoms with Gasteiger partial charge < -0.3 is 9.32 Å². The van der Waals surface area contributed by atoms with Crippen molar-refractivity contribution in [2.24, 2.45) is 0 Å². The number of nitrogens with zero attached hydrogens (tertiary/aromatic N) is 1. The summed E-state index contributed by atoms with van der Waals surface area (Å²) in [5, 5.41) is 7.36. The summed E-state index contributed by atoms with van der Waals surface area (Å²) < 4.78 is 6.39. The molecule has 10 aromatic carbocycles. The Morgan fingerprint density at radius 2 is 0.881 bits per heavy atom. The topological polar surface area (TPSA) is 16.4 Å². The Bertz CT molecular complexity index is 3310. The minimum Gasteiger partial charge on any atom is -0.456 e. The highest BCUT2D eigenvalue weighted by Crippen LogP contribution is 2.57. The molecule has 1 aliphatic carbocycles. The quantitative estimate of drug-likeness (QED) is 0.161. The Hall–Kier alpha value is -7.68. The Morgan fingerprint density at radius 3 is 1.58 bits per heavy atom. The van der Waals surface area contributed by atoms with E-state index in [-0.39, 0.29) is 0 Å². The molecule has 2 nitrogen and oxygen atoms in total. The second kappa shape index (κ2) is 13.2. The van der Waals surface area contributed by atoms with Crippen LogP contribution in [0.4, 0.5) is 17.1 Å². The van der Waals surface area contributed by atoms with Crippen molar-refractivity contribution in [1.82, 2.24) is 0 Å². The van der Waals surface area contributed by atoms with E-state index in [2.05, 4.69) is 229 Å². The molecular formula is C57H37NO. The van der Waals surface area contributed by atoms with Crippen LogP contribution in [0, 0.1) is 0 Å². The fourth-order valence-electron chi connectivity index (χ4n) is 9.95. The maximum absolute atomic E-state index is 6.39. The van der Waals surface area contributed by atoms with Crippen molar-refractivity contribution < 1.29 is 4.42 Å². The van der Waals surface area contributed by atoms with Crippen LogP contribution in [0.2, 0.25) is 0 Å². The summed E-state index contributed by atoms with van der Waals surface area (Å²) in [6, 6.07) is 81.7. The zero-order chi connectivity index (χ0) is 38.9. The van der Waals surface area contributed by atoms with Gasteiger partial charge in [-0.2, -0.15) is 0 Å². The van der Waals surface area contributed by atoms with Crippen molar-refractivity contribution in [3.63, 3.8) is 0 Å². The summed E-state index contributed by atoms with van der Waals surface area (Å²) in [4.78, 5) is 2.39. The van der Waals surface area contributed by atoms with Crippen LogP contribution >= 0.6 is 0 Å². The van der Waals surface area contributed by atoms with E-state index in [4.69, 9.17) is 4.42 Å². The van der Waals surface area contributed by atoms with Gasteiger partial charge in [-0.25, -0.2) is 0 Å². The zero-order valence-electron chi connectivity index (χ0n) is 32.2. The van der Waals surface area contributed by atoms with Crippen LogP contribution in [0.15, 0.2) is 229 Å². The number of furan rings is 1. The Morgan fingerprint density at radius 1 is 0.356 bits per heavy atom. The van der Waals surface area contributed by atoms with E-state index in [9.17, 15) is 0 Å². The first kappa shape index (κ1) is 33.5. The molecule has 0 atom stereocenters. The Labute approximate surface area is 342 Å². The van der Waals surface area contributed by atoms with Gasteiger partial charge in [0.1, 0.15) is 11.2 Å². The van der Waals surface area contributed by atoms with Crippen molar-refractivity contribution in [3.05, 3.63) is 247 Å². The van der Waals surface area contributed by atoms with Gasteiger partial charge in [0.25, 0.3) is 0 Å². The molecule has 11 aromatic rings. The predicted molar refractivity (Wildman–Crippen MR) is 246 cm³/mol. The first-order chi connectivity index (χ1) is 29.3. The average molecular weight is 752 g/mol. The van der Waals surface area contributed by atoms with E-state index in [1.54, 1.807) is 0 Å². The third kappa shape index (κ3) is 5.06. The fraction of sp³-hybridized carbons (Fsp3) is 0.0175. The summed E-state index contributed by atoms with van der Waals surface area (Å²) in [5.41, 5.74) is 14.5. The number of anilines is 3. The standard InChI is InChI=1S/C57H37NO/c1-2-18-43(19-3-1)57(50-24-11-27-53-55(50)56-51(57)25-12-28-54(56)59-53)44-20-8-17-42(37-44)38-29-33-45(34-30-38)58(52-26-10-16-40-14-5-7-22-49(40)52)46-35-31-41(32-36-46)48-23-9-15-39-13-4-6-21-47(39)48/h1-37H. The Balaban J connectivity index is 0.976. The fourth-order valence-corrected chi connectivity index (χ4v) is 9.95. The third-order valence-electron chi connectivity index (χ3n) is 12.5. The summed E-state index contributed by atoms with van der Waals surface area (Å²) >= 11 is 0. The van der Waals surface area contributed by atoms with E-state index < -0.39 is 5.41 Å².